The smallest absolute Gasteiger partial charge is 0.185 e. The molecule has 2 aromatic heterocycles. The molecule has 4 rings (SSSR count). The Kier molecular flexibility index (Phi) is 4.64. The van der Waals surface area contributed by atoms with Gasteiger partial charge in [-0.2, -0.15) is 4.52 Å². The van der Waals surface area contributed by atoms with Crippen LogP contribution < -0.4 is 14.8 Å². The summed E-state index contributed by atoms with van der Waals surface area (Å²) in [6, 6.07) is 17.3. The summed E-state index contributed by atoms with van der Waals surface area (Å²) in [6.07, 6.45) is 0. The monoisotopic (exact) mass is 425 g/mol. The van der Waals surface area contributed by atoms with Crippen LogP contribution in [-0.2, 0) is 0 Å². The Morgan fingerprint density at radius 2 is 1.63 bits per heavy atom. The molecule has 0 unspecified atom stereocenters. The summed E-state index contributed by atoms with van der Waals surface area (Å²) >= 11 is 3.47. The van der Waals surface area contributed by atoms with E-state index in [4.69, 9.17) is 9.47 Å². The second kappa shape index (κ2) is 7.24. The zero-order chi connectivity index (χ0) is 18.8. The number of hydrogen-bond donors (Lipinski definition) is 1. The first kappa shape index (κ1) is 17.3. The van der Waals surface area contributed by atoms with E-state index in [9.17, 15) is 0 Å². The summed E-state index contributed by atoms with van der Waals surface area (Å²) in [6.45, 7) is 0. The Labute approximate surface area is 164 Å². The molecule has 0 saturated carbocycles. The van der Waals surface area contributed by atoms with E-state index in [1.165, 1.54) is 0 Å². The van der Waals surface area contributed by atoms with E-state index in [2.05, 4.69) is 36.5 Å². The number of nitrogens with one attached hydrogen (secondary N) is 1. The van der Waals surface area contributed by atoms with Crippen molar-refractivity contribution in [2.75, 3.05) is 19.5 Å². The van der Waals surface area contributed by atoms with Gasteiger partial charge in [-0.3, -0.25) is 0 Å². The van der Waals surface area contributed by atoms with E-state index < -0.39 is 0 Å². The maximum absolute atomic E-state index is 5.39. The first-order chi connectivity index (χ1) is 13.2. The van der Waals surface area contributed by atoms with Crippen molar-refractivity contribution < 1.29 is 9.47 Å². The van der Waals surface area contributed by atoms with Gasteiger partial charge in [0.05, 0.1) is 14.2 Å². The molecule has 0 bridgehead atoms. The number of hydrogen-bond acceptors (Lipinski definition) is 6. The highest BCUT2D eigenvalue weighted by molar-refractivity contribution is 9.10. The minimum absolute atomic E-state index is 0.644. The van der Waals surface area contributed by atoms with Gasteiger partial charge in [-0.05, 0) is 28.1 Å². The summed E-state index contributed by atoms with van der Waals surface area (Å²) in [5.74, 6) is 2.64. The summed E-state index contributed by atoms with van der Waals surface area (Å²) < 4.78 is 13.2. The Morgan fingerprint density at radius 1 is 0.926 bits per heavy atom. The molecular weight excluding hydrogens is 410 g/mol. The number of halogens is 1. The quantitative estimate of drug-likeness (QED) is 0.513. The van der Waals surface area contributed by atoms with Crippen molar-refractivity contribution in [3.05, 3.63) is 59.1 Å². The summed E-state index contributed by atoms with van der Waals surface area (Å²) in [5.41, 5.74) is 2.40. The van der Waals surface area contributed by atoms with E-state index in [0.717, 1.165) is 15.7 Å². The lowest BCUT2D eigenvalue weighted by atomic mass is 10.2. The molecule has 8 heteroatoms. The molecule has 2 aromatic carbocycles. The number of ether oxygens (including phenoxy) is 2. The first-order valence-electron chi connectivity index (χ1n) is 8.16. The predicted octanol–water partition coefficient (Wildman–Crippen LogP) is 4.31. The summed E-state index contributed by atoms with van der Waals surface area (Å²) in [4.78, 5) is 0. The zero-order valence-corrected chi connectivity index (χ0v) is 16.3. The van der Waals surface area contributed by atoms with Crippen molar-refractivity contribution in [2.45, 2.75) is 0 Å². The van der Waals surface area contributed by atoms with Crippen LogP contribution in [0.25, 0.3) is 17.0 Å². The minimum atomic E-state index is 0.644. The Balaban J connectivity index is 1.73. The second-order valence-corrected chi connectivity index (χ2v) is 6.49. The Morgan fingerprint density at radius 3 is 2.30 bits per heavy atom. The van der Waals surface area contributed by atoms with Crippen LogP contribution in [0.1, 0.15) is 0 Å². The van der Waals surface area contributed by atoms with Gasteiger partial charge in [0.1, 0.15) is 16.0 Å². The van der Waals surface area contributed by atoms with Gasteiger partial charge < -0.3 is 14.8 Å². The van der Waals surface area contributed by atoms with E-state index in [-0.39, 0.29) is 0 Å². The lowest BCUT2D eigenvalue weighted by Gasteiger charge is -2.12. The number of benzene rings is 2. The highest BCUT2D eigenvalue weighted by Crippen LogP contribution is 2.38. The van der Waals surface area contributed by atoms with Crippen LogP contribution in [0.15, 0.2) is 59.1 Å². The van der Waals surface area contributed by atoms with Crippen LogP contribution in [0, 0.1) is 0 Å². The van der Waals surface area contributed by atoms with Gasteiger partial charge in [0.25, 0.3) is 0 Å². The number of rotatable bonds is 5. The maximum atomic E-state index is 5.39. The largest absolute Gasteiger partial charge is 0.495 e. The standard InChI is InChI=1S/C19H16BrN5O2/c1-26-14-10-13(11-15(27-2)18(14)20)21-16-8-9-17-22-23-19(25(17)24-16)12-6-4-3-5-7-12/h3-11H,1-2H3,(H,21,24). The van der Waals surface area contributed by atoms with E-state index in [1.54, 1.807) is 18.7 Å². The van der Waals surface area contributed by atoms with Gasteiger partial charge in [-0.1, -0.05) is 30.3 Å². The van der Waals surface area contributed by atoms with Crippen molar-refractivity contribution >= 4 is 33.1 Å². The van der Waals surface area contributed by atoms with Gasteiger partial charge in [0.2, 0.25) is 0 Å². The van der Waals surface area contributed by atoms with Crippen LogP contribution in [0.3, 0.4) is 0 Å². The topological polar surface area (TPSA) is 73.6 Å². The molecule has 2 heterocycles. The van der Waals surface area contributed by atoms with Gasteiger partial charge in [0, 0.05) is 23.4 Å². The molecule has 0 atom stereocenters. The van der Waals surface area contributed by atoms with Gasteiger partial charge in [0.15, 0.2) is 17.3 Å². The van der Waals surface area contributed by atoms with Crippen molar-refractivity contribution in [3.63, 3.8) is 0 Å². The number of aromatic nitrogens is 4. The molecule has 0 spiro atoms. The highest BCUT2D eigenvalue weighted by atomic mass is 79.9. The molecule has 0 saturated heterocycles. The Hall–Kier alpha value is -3.13. The van der Waals surface area contributed by atoms with E-state index in [1.807, 2.05) is 54.6 Å². The van der Waals surface area contributed by atoms with Crippen molar-refractivity contribution in [2.24, 2.45) is 0 Å². The molecule has 0 radical (unpaired) electrons. The van der Waals surface area contributed by atoms with Crippen molar-refractivity contribution in [1.82, 2.24) is 19.8 Å². The van der Waals surface area contributed by atoms with Crippen LogP contribution >= 0.6 is 15.9 Å². The first-order valence-corrected chi connectivity index (χ1v) is 8.95. The molecule has 7 nitrogen and oxygen atoms in total. The van der Waals surface area contributed by atoms with Crippen LogP contribution in [0.4, 0.5) is 11.5 Å². The minimum Gasteiger partial charge on any atom is -0.495 e. The van der Waals surface area contributed by atoms with Crippen LogP contribution in [0.5, 0.6) is 11.5 Å². The molecule has 27 heavy (non-hydrogen) atoms. The normalized spacial score (nSPS) is 10.8. The average Bonchev–Trinajstić information content (AvgIpc) is 3.13. The molecule has 0 aliphatic heterocycles. The third-order valence-electron chi connectivity index (χ3n) is 4.01. The number of fused-ring (bicyclic) bond motifs is 1. The summed E-state index contributed by atoms with van der Waals surface area (Å²) in [7, 11) is 3.22. The van der Waals surface area contributed by atoms with Crippen LogP contribution in [0.2, 0.25) is 0 Å². The molecule has 136 valence electrons. The maximum Gasteiger partial charge on any atom is 0.185 e. The lowest BCUT2D eigenvalue weighted by molar-refractivity contribution is 0.390. The molecule has 4 aromatic rings. The average molecular weight is 426 g/mol. The fourth-order valence-corrected chi connectivity index (χ4v) is 3.26. The number of methoxy groups -OCH3 is 2. The molecular formula is C19H16BrN5O2. The summed E-state index contributed by atoms with van der Waals surface area (Å²) in [5, 5.41) is 16.3. The molecule has 0 fully saturated rings. The fourth-order valence-electron chi connectivity index (χ4n) is 2.71. The van der Waals surface area contributed by atoms with Crippen molar-refractivity contribution in [1.29, 1.82) is 0 Å². The lowest BCUT2D eigenvalue weighted by Crippen LogP contribution is -2.01. The third kappa shape index (κ3) is 3.31. The molecule has 1 N–H and O–H groups in total. The van der Waals surface area contributed by atoms with E-state index >= 15 is 0 Å². The van der Waals surface area contributed by atoms with Crippen molar-refractivity contribution in [3.8, 4) is 22.9 Å². The molecule has 0 aliphatic rings. The second-order valence-electron chi connectivity index (χ2n) is 5.70. The van der Waals surface area contributed by atoms with E-state index in [0.29, 0.717) is 28.8 Å². The highest BCUT2D eigenvalue weighted by Gasteiger charge is 2.12. The predicted molar refractivity (Wildman–Crippen MR) is 107 cm³/mol. The molecule has 0 amide bonds. The van der Waals surface area contributed by atoms with Crippen LogP contribution in [-0.4, -0.2) is 34.0 Å². The Bertz CT molecular complexity index is 1070. The fraction of sp³-hybridized carbons (Fsp3) is 0.105. The SMILES string of the molecule is COc1cc(Nc2ccc3nnc(-c4ccccc4)n3n2)cc(OC)c1Br. The number of nitrogens with zero attached hydrogens (tertiary/aromatic N) is 4. The molecule has 0 aliphatic carbocycles. The van der Waals surface area contributed by atoms with Gasteiger partial charge >= 0.3 is 0 Å². The zero-order valence-electron chi connectivity index (χ0n) is 14.7. The number of anilines is 2. The third-order valence-corrected chi connectivity index (χ3v) is 4.79. The van der Waals surface area contributed by atoms with Gasteiger partial charge in [-0.15, -0.1) is 15.3 Å². The van der Waals surface area contributed by atoms with Gasteiger partial charge in [-0.25, -0.2) is 0 Å².